The minimum Gasteiger partial charge on any atom is -0.368 e. The van der Waals surface area contributed by atoms with Crippen molar-refractivity contribution < 1.29 is 9.53 Å². The number of hydrogen-bond donors (Lipinski definition) is 1. The van der Waals surface area contributed by atoms with Gasteiger partial charge >= 0.3 is 0 Å². The van der Waals surface area contributed by atoms with Gasteiger partial charge in [-0.15, -0.1) is 0 Å². The molecule has 1 N–H and O–H groups in total. The van der Waals surface area contributed by atoms with Crippen LogP contribution in [0, 0.1) is 0 Å². The summed E-state index contributed by atoms with van der Waals surface area (Å²) in [5.41, 5.74) is 3.14. The Labute approximate surface area is 93.5 Å². The van der Waals surface area contributed by atoms with Gasteiger partial charge in [-0.3, -0.25) is 9.78 Å². The Morgan fingerprint density at radius 2 is 2.56 bits per heavy atom. The molecule has 0 aromatic carbocycles. The van der Waals surface area contributed by atoms with Crippen LogP contribution in [-0.4, -0.2) is 29.8 Å². The van der Waals surface area contributed by atoms with Crippen LogP contribution in [0.25, 0.3) is 0 Å². The molecule has 1 atom stereocenters. The van der Waals surface area contributed by atoms with Crippen LogP contribution in [0.3, 0.4) is 0 Å². The molecule has 1 aromatic rings. The molecule has 1 aromatic heterocycles. The van der Waals surface area contributed by atoms with E-state index in [0.717, 1.165) is 12.8 Å². The molecule has 1 fully saturated rings. The fraction of sp³-hybridized carbons (Fsp3) is 0.364. The summed E-state index contributed by atoms with van der Waals surface area (Å²) < 4.78 is 5.22. The first-order valence-corrected chi connectivity index (χ1v) is 5.22. The fourth-order valence-corrected chi connectivity index (χ4v) is 1.47. The second-order valence-electron chi connectivity index (χ2n) is 3.49. The molecule has 0 saturated carbocycles. The lowest BCUT2D eigenvalue weighted by atomic mass is 10.2. The summed E-state index contributed by atoms with van der Waals surface area (Å²) >= 11 is 0. The summed E-state index contributed by atoms with van der Waals surface area (Å²) in [5.74, 6) is -0.190. The molecule has 1 unspecified atom stereocenters. The smallest absolute Gasteiger partial charge is 0.269 e. The Balaban J connectivity index is 1.82. The highest BCUT2D eigenvalue weighted by molar-refractivity contribution is 5.83. The van der Waals surface area contributed by atoms with Crippen LogP contribution in [0.2, 0.25) is 0 Å². The lowest BCUT2D eigenvalue weighted by molar-refractivity contribution is -0.130. The Kier molecular flexibility index (Phi) is 3.61. The van der Waals surface area contributed by atoms with E-state index in [1.807, 2.05) is 18.2 Å². The SMILES string of the molecule is O=C(N/N=C/c1ccccn1)C1CCCO1. The number of hydrogen-bond acceptors (Lipinski definition) is 4. The third-order valence-corrected chi connectivity index (χ3v) is 2.28. The second-order valence-corrected chi connectivity index (χ2v) is 3.49. The molecule has 84 valence electrons. The van der Waals surface area contributed by atoms with Crippen molar-refractivity contribution in [3.8, 4) is 0 Å². The first-order valence-electron chi connectivity index (χ1n) is 5.22. The molecule has 5 nitrogen and oxygen atoms in total. The number of nitrogens with one attached hydrogen (secondary N) is 1. The van der Waals surface area contributed by atoms with Gasteiger partial charge in [0.25, 0.3) is 5.91 Å². The van der Waals surface area contributed by atoms with Crippen LogP contribution in [0.15, 0.2) is 29.5 Å². The quantitative estimate of drug-likeness (QED) is 0.601. The van der Waals surface area contributed by atoms with E-state index in [0.29, 0.717) is 12.3 Å². The molecule has 1 aliphatic rings. The average Bonchev–Trinajstić information content (AvgIpc) is 2.84. The summed E-state index contributed by atoms with van der Waals surface area (Å²) in [6, 6.07) is 5.49. The zero-order valence-electron chi connectivity index (χ0n) is 8.80. The molecule has 16 heavy (non-hydrogen) atoms. The Bertz CT molecular complexity index is 372. The molecule has 0 aliphatic carbocycles. The van der Waals surface area contributed by atoms with Gasteiger partial charge in [0.15, 0.2) is 0 Å². The molecule has 1 aliphatic heterocycles. The van der Waals surface area contributed by atoms with Crippen molar-refractivity contribution in [3.63, 3.8) is 0 Å². The minimum atomic E-state index is -0.346. The molecule has 2 heterocycles. The standard InChI is InChI=1S/C11H13N3O2/c15-11(10-5-3-7-16-10)14-13-8-9-4-1-2-6-12-9/h1-2,4,6,8,10H,3,5,7H2,(H,14,15)/b13-8+. The van der Waals surface area contributed by atoms with Gasteiger partial charge in [0.2, 0.25) is 0 Å². The molecular weight excluding hydrogens is 206 g/mol. The highest BCUT2D eigenvalue weighted by atomic mass is 16.5. The first kappa shape index (κ1) is 10.8. The van der Waals surface area contributed by atoms with E-state index in [-0.39, 0.29) is 12.0 Å². The van der Waals surface area contributed by atoms with E-state index < -0.39 is 0 Å². The molecule has 5 heteroatoms. The molecule has 2 rings (SSSR count). The number of amides is 1. The lowest BCUT2D eigenvalue weighted by Crippen LogP contribution is -2.30. The zero-order chi connectivity index (χ0) is 11.2. The summed E-state index contributed by atoms with van der Waals surface area (Å²) in [7, 11) is 0. The first-order chi connectivity index (χ1) is 7.86. The number of pyridine rings is 1. The largest absolute Gasteiger partial charge is 0.368 e. The highest BCUT2D eigenvalue weighted by Crippen LogP contribution is 2.11. The maximum atomic E-state index is 11.5. The molecule has 0 radical (unpaired) electrons. The van der Waals surface area contributed by atoms with E-state index in [1.54, 1.807) is 6.20 Å². The third kappa shape index (κ3) is 2.87. The van der Waals surface area contributed by atoms with E-state index in [4.69, 9.17) is 4.74 Å². The van der Waals surface area contributed by atoms with E-state index >= 15 is 0 Å². The van der Waals surface area contributed by atoms with Crippen molar-refractivity contribution in [2.24, 2.45) is 5.10 Å². The topological polar surface area (TPSA) is 63.6 Å². The Morgan fingerprint density at radius 1 is 1.62 bits per heavy atom. The van der Waals surface area contributed by atoms with Crippen molar-refractivity contribution in [1.82, 2.24) is 10.4 Å². The zero-order valence-corrected chi connectivity index (χ0v) is 8.80. The summed E-state index contributed by atoms with van der Waals surface area (Å²) in [4.78, 5) is 15.5. The number of aromatic nitrogens is 1. The van der Waals surface area contributed by atoms with Crippen molar-refractivity contribution in [1.29, 1.82) is 0 Å². The number of ether oxygens (including phenoxy) is 1. The average molecular weight is 219 g/mol. The van der Waals surface area contributed by atoms with E-state index in [9.17, 15) is 4.79 Å². The molecular formula is C11H13N3O2. The predicted octanol–water partition coefficient (Wildman–Crippen LogP) is 0.711. The van der Waals surface area contributed by atoms with Crippen LogP contribution in [-0.2, 0) is 9.53 Å². The van der Waals surface area contributed by atoms with Crippen molar-refractivity contribution in [2.45, 2.75) is 18.9 Å². The van der Waals surface area contributed by atoms with Gasteiger partial charge in [-0.25, -0.2) is 5.43 Å². The van der Waals surface area contributed by atoms with Gasteiger partial charge < -0.3 is 4.74 Å². The maximum absolute atomic E-state index is 11.5. The van der Waals surface area contributed by atoms with E-state index in [1.165, 1.54) is 6.21 Å². The monoisotopic (exact) mass is 219 g/mol. The van der Waals surface area contributed by atoms with Crippen molar-refractivity contribution in [3.05, 3.63) is 30.1 Å². The van der Waals surface area contributed by atoms with Crippen LogP contribution < -0.4 is 5.43 Å². The Hall–Kier alpha value is -1.75. The van der Waals surface area contributed by atoms with Gasteiger partial charge in [0.1, 0.15) is 6.10 Å². The fourth-order valence-electron chi connectivity index (χ4n) is 1.47. The summed E-state index contributed by atoms with van der Waals surface area (Å²) in [6.07, 6.45) is 4.53. The second kappa shape index (κ2) is 5.37. The number of carbonyl (C=O) groups excluding carboxylic acids is 1. The number of carbonyl (C=O) groups is 1. The molecule has 1 amide bonds. The van der Waals surface area contributed by atoms with Gasteiger partial charge in [-0.05, 0) is 25.0 Å². The van der Waals surface area contributed by atoms with Crippen LogP contribution in [0.4, 0.5) is 0 Å². The minimum absolute atomic E-state index is 0.190. The summed E-state index contributed by atoms with van der Waals surface area (Å²) in [5, 5.41) is 3.82. The maximum Gasteiger partial charge on any atom is 0.269 e. The predicted molar refractivity (Wildman–Crippen MR) is 58.9 cm³/mol. The van der Waals surface area contributed by atoms with Gasteiger partial charge in [-0.2, -0.15) is 5.10 Å². The summed E-state index contributed by atoms with van der Waals surface area (Å²) in [6.45, 7) is 0.655. The van der Waals surface area contributed by atoms with Crippen LogP contribution in [0.5, 0.6) is 0 Å². The molecule has 1 saturated heterocycles. The molecule has 0 spiro atoms. The third-order valence-electron chi connectivity index (χ3n) is 2.28. The van der Waals surface area contributed by atoms with Crippen molar-refractivity contribution >= 4 is 12.1 Å². The van der Waals surface area contributed by atoms with Crippen LogP contribution >= 0.6 is 0 Å². The van der Waals surface area contributed by atoms with Gasteiger partial charge in [0.05, 0.1) is 11.9 Å². The molecule has 0 bridgehead atoms. The van der Waals surface area contributed by atoms with Crippen molar-refractivity contribution in [2.75, 3.05) is 6.61 Å². The van der Waals surface area contributed by atoms with Gasteiger partial charge in [0, 0.05) is 12.8 Å². The van der Waals surface area contributed by atoms with E-state index in [2.05, 4.69) is 15.5 Å². The van der Waals surface area contributed by atoms with Gasteiger partial charge in [-0.1, -0.05) is 6.07 Å². The lowest BCUT2D eigenvalue weighted by Gasteiger charge is -2.05. The number of rotatable bonds is 3. The normalized spacial score (nSPS) is 20.1. The highest BCUT2D eigenvalue weighted by Gasteiger charge is 2.22. The number of nitrogens with zero attached hydrogens (tertiary/aromatic N) is 2. The van der Waals surface area contributed by atoms with Crippen LogP contribution in [0.1, 0.15) is 18.5 Å². The number of hydrazone groups is 1. The Morgan fingerprint density at radius 3 is 3.25 bits per heavy atom.